The minimum Gasteiger partial charge on any atom is -0.481 e. The molecule has 1 atom stereocenters. The van der Waals surface area contributed by atoms with Crippen molar-refractivity contribution in [2.75, 3.05) is 0 Å². The van der Waals surface area contributed by atoms with Crippen LogP contribution >= 0.6 is 0 Å². The topological polar surface area (TPSA) is 37.3 Å². The van der Waals surface area contributed by atoms with E-state index in [4.69, 9.17) is 0 Å². The third kappa shape index (κ3) is 4.91. The third-order valence-electron chi connectivity index (χ3n) is 3.39. The summed E-state index contributed by atoms with van der Waals surface area (Å²) in [6.45, 7) is 6.01. The summed E-state index contributed by atoms with van der Waals surface area (Å²) in [6.07, 6.45) is 3.84. The van der Waals surface area contributed by atoms with Gasteiger partial charge in [0.05, 0.1) is 5.92 Å². The standard InChI is InChI=1S/C16H24O2/c1-16(2,3)14(15(17)18)12-8-7-11-13-9-5-4-6-10-13/h4-6,9-10,14H,7-8,11-12H2,1-3H3,(H,17,18). The van der Waals surface area contributed by atoms with Gasteiger partial charge in [-0.3, -0.25) is 4.79 Å². The maximum absolute atomic E-state index is 11.2. The number of aliphatic carboxylic acids is 1. The van der Waals surface area contributed by atoms with Crippen molar-refractivity contribution in [2.24, 2.45) is 11.3 Å². The Balaban J connectivity index is 2.34. The van der Waals surface area contributed by atoms with Crippen molar-refractivity contribution in [3.63, 3.8) is 0 Å². The number of carboxylic acids is 1. The van der Waals surface area contributed by atoms with Gasteiger partial charge in [-0.2, -0.15) is 0 Å². The molecule has 18 heavy (non-hydrogen) atoms. The van der Waals surface area contributed by atoms with Gasteiger partial charge in [0.25, 0.3) is 0 Å². The zero-order chi connectivity index (χ0) is 13.6. The Bertz CT molecular complexity index is 362. The Morgan fingerprint density at radius 2 is 1.78 bits per heavy atom. The zero-order valence-electron chi connectivity index (χ0n) is 11.6. The fourth-order valence-corrected chi connectivity index (χ4v) is 2.25. The lowest BCUT2D eigenvalue weighted by Crippen LogP contribution is -2.28. The number of hydrogen-bond acceptors (Lipinski definition) is 1. The molecule has 0 aliphatic heterocycles. The number of aryl methyl sites for hydroxylation is 1. The molecule has 0 fully saturated rings. The van der Waals surface area contributed by atoms with Gasteiger partial charge in [-0.15, -0.1) is 0 Å². The molecule has 1 aromatic carbocycles. The molecule has 100 valence electrons. The second-order valence-corrected chi connectivity index (χ2v) is 5.99. The first-order chi connectivity index (χ1) is 8.41. The van der Waals surface area contributed by atoms with Crippen molar-refractivity contribution in [3.05, 3.63) is 35.9 Å². The second-order valence-electron chi connectivity index (χ2n) is 5.99. The highest BCUT2D eigenvalue weighted by molar-refractivity contribution is 5.70. The SMILES string of the molecule is CC(C)(C)C(CCCCc1ccccc1)C(=O)O. The molecule has 1 unspecified atom stereocenters. The highest BCUT2D eigenvalue weighted by atomic mass is 16.4. The molecule has 1 rings (SSSR count). The molecule has 2 nitrogen and oxygen atoms in total. The van der Waals surface area contributed by atoms with Crippen LogP contribution in [-0.2, 0) is 11.2 Å². The summed E-state index contributed by atoms with van der Waals surface area (Å²) in [5.41, 5.74) is 1.18. The number of benzene rings is 1. The van der Waals surface area contributed by atoms with Gasteiger partial charge in [0.15, 0.2) is 0 Å². The van der Waals surface area contributed by atoms with Crippen molar-refractivity contribution >= 4 is 5.97 Å². The van der Waals surface area contributed by atoms with E-state index in [0.717, 1.165) is 25.7 Å². The Kier molecular flexibility index (Phi) is 5.39. The first kappa shape index (κ1) is 14.7. The van der Waals surface area contributed by atoms with E-state index in [1.54, 1.807) is 0 Å². The Morgan fingerprint density at radius 1 is 1.17 bits per heavy atom. The summed E-state index contributed by atoms with van der Waals surface area (Å²) in [5.74, 6) is -0.907. The Hall–Kier alpha value is -1.31. The van der Waals surface area contributed by atoms with Crippen LogP contribution in [-0.4, -0.2) is 11.1 Å². The average molecular weight is 248 g/mol. The molecule has 0 radical (unpaired) electrons. The molecule has 0 amide bonds. The van der Waals surface area contributed by atoms with Crippen molar-refractivity contribution < 1.29 is 9.90 Å². The third-order valence-corrected chi connectivity index (χ3v) is 3.39. The fraction of sp³-hybridized carbons (Fsp3) is 0.562. The summed E-state index contributed by atoms with van der Waals surface area (Å²) in [5, 5.41) is 9.23. The van der Waals surface area contributed by atoms with Crippen LogP contribution in [0.25, 0.3) is 0 Å². The van der Waals surface area contributed by atoms with Crippen LogP contribution < -0.4 is 0 Å². The summed E-state index contributed by atoms with van der Waals surface area (Å²) in [7, 11) is 0. The molecule has 0 spiro atoms. The highest BCUT2D eigenvalue weighted by Crippen LogP contribution is 2.30. The zero-order valence-corrected chi connectivity index (χ0v) is 11.6. The van der Waals surface area contributed by atoms with E-state index < -0.39 is 5.97 Å². The molecule has 1 N–H and O–H groups in total. The average Bonchev–Trinajstić information content (AvgIpc) is 2.27. The van der Waals surface area contributed by atoms with Gasteiger partial charge in [0, 0.05) is 0 Å². The van der Waals surface area contributed by atoms with Gasteiger partial charge in [-0.05, 0) is 30.2 Å². The van der Waals surface area contributed by atoms with Gasteiger partial charge in [-0.25, -0.2) is 0 Å². The number of carboxylic acid groups (broad SMARTS) is 1. The molecule has 0 saturated heterocycles. The van der Waals surface area contributed by atoms with Crippen LogP contribution in [0, 0.1) is 11.3 Å². The van der Waals surface area contributed by atoms with E-state index in [0.29, 0.717) is 0 Å². The Morgan fingerprint density at radius 3 is 2.28 bits per heavy atom. The molecule has 0 aliphatic rings. The van der Waals surface area contributed by atoms with E-state index >= 15 is 0 Å². The van der Waals surface area contributed by atoms with E-state index in [1.165, 1.54) is 5.56 Å². The van der Waals surface area contributed by atoms with Gasteiger partial charge in [0.2, 0.25) is 0 Å². The number of carbonyl (C=O) groups is 1. The molecule has 2 heteroatoms. The van der Waals surface area contributed by atoms with E-state index in [-0.39, 0.29) is 11.3 Å². The van der Waals surface area contributed by atoms with Crippen LogP contribution in [0.4, 0.5) is 0 Å². The van der Waals surface area contributed by atoms with Gasteiger partial charge in [-0.1, -0.05) is 57.5 Å². The number of hydrogen-bond donors (Lipinski definition) is 1. The molecule has 1 aromatic rings. The van der Waals surface area contributed by atoms with Crippen molar-refractivity contribution in [1.82, 2.24) is 0 Å². The molecular weight excluding hydrogens is 224 g/mol. The molecule has 0 heterocycles. The second kappa shape index (κ2) is 6.58. The van der Waals surface area contributed by atoms with Gasteiger partial charge in [0.1, 0.15) is 0 Å². The van der Waals surface area contributed by atoms with Crippen LogP contribution in [0.2, 0.25) is 0 Å². The molecule has 0 saturated carbocycles. The van der Waals surface area contributed by atoms with Crippen molar-refractivity contribution in [3.8, 4) is 0 Å². The lowest BCUT2D eigenvalue weighted by Gasteiger charge is -2.26. The first-order valence-electron chi connectivity index (χ1n) is 6.68. The highest BCUT2D eigenvalue weighted by Gasteiger charge is 2.30. The monoisotopic (exact) mass is 248 g/mol. The van der Waals surface area contributed by atoms with E-state index in [1.807, 2.05) is 39.0 Å². The minimum absolute atomic E-state index is 0.154. The van der Waals surface area contributed by atoms with Gasteiger partial charge < -0.3 is 5.11 Å². The van der Waals surface area contributed by atoms with Crippen LogP contribution in [0.15, 0.2) is 30.3 Å². The Labute approximate surface area is 110 Å². The molecule has 0 aromatic heterocycles. The number of rotatable bonds is 6. The van der Waals surface area contributed by atoms with Crippen LogP contribution in [0.3, 0.4) is 0 Å². The van der Waals surface area contributed by atoms with Gasteiger partial charge >= 0.3 is 5.97 Å². The molecule has 0 aliphatic carbocycles. The van der Waals surface area contributed by atoms with Crippen LogP contribution in [0.5, 0.6) is 0 Å². The number of unbranched alkanes of at least 4 members (excludes halogenated alkanes) is 1. The summed E-state index contributed by atoms with van der Waals surface area (Å²) in [6, 6.07) is 10.4. The van der Waals surface area contributed by atoms with E-state index in [2.05, 4.69) is 12.1 Å². The first-order valence-corrected chi connectivity index (χ1v) is 6.68. The molecular formula is C16H24O2. The van der Waals surface area contributed by atoms with Crippen molar-refractivity contribution in [2.45, 2.75) is 46.5 Å². The minimum atomic E-state index is -0.665. The summed E-state index contributed by atoms with van der Waals surface area (Å²) in [4.78, 5) is 11.2. The maximum Gasteiger partial charge on any atom is 0.307 e. The molecule has 0 bridgehead atoms. The van der Waals surface area contributed by atoms with Crippen LogP contribution in [0.1, 0.15) is 45.6 Å². The normalized spacial score (nSPS) is 13.3. The largest absolute Gasteiger partial charge is 0.481 e. The lowest BCUT2D eigenvalue weighted by molar-refractivity contribution is -0.145. The maximum atomic E-state index is 11.2. The van der Waals surface area contributed by atoms with E-state index in [9.17, 15) is 9.90 Å². The fourth-order valence-electron chi connectivity index (χ4n) is 2.25. The predicted molar refractivity (Wildman–Crippen MR) is 74.6 cm³/mol. The quantitative estimate of drug-likeness (QED) is 0.768. The smallest absolute Gasteiger partial charge is 0.307 e. The summed E-state index contributed by atoms with van der Waals surface area (Å²) < 4.78 is 0. The lowest BCUT2D eigenvalue weighted by atomic mass is 9.78. The van der Waals surface area contributed by atoms with Crippen molar-refractivity contribution in [1.29, 1.82) is 0 Å². The summed E-state index contributed by atoms with van der Waals surface area (Å²) >= 11 is 0. The predicted octanol–water partition coefficient (Wildman–Crippen LogP) is 4.15.